The molecule has 9 heavy (non-hydrogen) atoms. The highest BCUT2D eigenvalue weighted by Gasteiger charge is 2.02. The summed E-state index contributed by atoms with van der Waals surface area (Å²) in [4.78, 5) is 0. The largest absolute Gasteiger partial charge is 0.326 e. The second kappa shape index (κ2) is 3.04. The lowest BCUT2D eigenvalue weighted by Gasteiger charge is -2.06. The fourth-order valence-electron chi connectivity index (χ4n) is 0.865. The Morgan fingerprint density at radius 3 is 2.89 bits per heavy atom. The molecule has 0 atom stereocenters. The Morgan fingerprint density at radius 1 is 1.67 bits per heavy atom. The second-order valence-corrected chi connectivity index (χ2v) is 2.53. The molecule has 2 heteroatoms. The minimum Gasteiger partial charge on any atom is -0.326 e. The van der Waals surface area contributed by atoms with Crippen LogP contribution in [0, 0.1) is 0 Å². The quantitative estimate of drug-likeness (QED) is 0.595. The van der Waals surface area contributed by atoms with E-state index in [2.05, 4.69) is 6.08 Å². The van der Waals surface area contributed by atoms with Gasteiger partial charge in [0.15, 0.2) is 0 Å². The van der Waals surface area contributed by atoms with Crippen molar-refractivity contribution in [2.45, 2.75) is 12.8 Å². The van der Waals surface area contributed by atoms with E-state index in [0.717, 1.165) is 23.4 Å². The Morgan fingerprint density at radius 2 is 2.44 bits per heavy atom. The maximum atomic E-state index is 5.83. The van der Waals surface area contributed by atoms with Crippen LogP contribution in [-0.4, -0.2) is 6.54 Å². The number of hydrogen-bond acceptors (Lipinski definition) is 1. The first-order valence-electron chi connectivity index (χ1n) is 3.08. The number of rotatable bonds is 1. The highest BCUT2D eigenvalue weighted by molar-refractivity contribution is 6.30. The molecule has 0 aromatic heterocycles. The molecule has 0 saturated carbocycles. The molecule has 0 fully saturated rings. The van der Waals surface area contributed by atoms with Gasteiger partial charge in [0.05, 0.1) is 0 Å². The predicted octanol–water partition coefficient (Wildman–Crippen LogP) is 1.79. The first-order chi connectivity index (χ1) is 4.34. The standard InChI is InChI=1S/C7H10ClN/c8-7-4-2-1-3-6(7)5-9/h1,3H,2,4-5,9H2. The van der Waals surface area contributed by atoms with E-state index in [4.69, 9.17) is 17.3 Å². The van der Waals surface area contributed by atoms with Gasteiger partial charge in [0, 0.05) is 11.6 Å². The Bertz CT molecular complexity index is 158. The fourth-order valence-corrected chi connectivity index (χ4v) is 1.11. The van der Waals surface area contributed by atoms with Crippen molar-refractivity contribution in [3.63, 3.8) is 0 Å². The molecular formula is C7H10ClN. The molecule has 0 bridgehead atoms. The molecule has 0 amide bonds. The van der Waals surface area contributed by atoms with Crippen molar-refractivity contribution in [2.75, 3.05) is 6.54 Å². The molecule has 0 aliphatic heterocycles. The molecule has 0 heterocycles. The first kappa shape index (κ1) is 6.84. The van der Waals surface area contributed by atoms with E-state index in [1.54, 1.807) is 0 Å². The zero-order chi connectivity index (χ0) is 6.69. The van der Waals surface area contributed by atoms with Crippen LogP contribution in [0.3, 0.4) is 0 Å². The number of nitrogens with two attached hydrogens (primary N) is 1. The lowest BCUT2D eigenvalue weighted by Crippen LogP contribution is -2.04. The lowest BCUT2D eigenvalue weighted by atomic mass is 10.1. The number of hydrogen-bond donors (Lipinski definition) is 1. The average molecular weight is 144 g/mol. The van der Waals surface area contributed by atoms with E-state index in [9.17, 15) is 0 Å². The molecule has 1 aliphatic rings. The van der Waals surface area contributed by atoms with Crippen LogP contribution < -0.4 is 5.73 Å². The van der Waals surface area contributed by atoms with Crippen molar-refractivity contribution in [1.29, 1.82) is 0 Å². The molecule has 1 rings (SSSR count). The van der Waals surface area contributed by atoms with Gasteiger partial charge in [-0.25, -0.2) is 0 Å². The monoisotopic (exact) mass is 143 g/mol. The van der Waals surface area contributed by atoms with Gasteiger partial charge >= 0.3 is 0 Å². The van der Waals surface area contributed by atoms with Gasteiger partial charge in [-0.05, 0) is 18.4 Å². The summed E-state index contributed by atoms with van der Waals surface area (Å²) in [5.41, 5.74) is 6.49. The van der Waals surface area contributed by atoms with Crippen LogP contribution in [0.1, 0.15) is 12.8 Å². The molecule has 0 aromatic carbocycles. The summed E-state index contributed by atoms with van der Waals surface area (Å²) in [5.74, 6) is 0. The molecule has 2 N–H and O–H groups in total. The van der Waals surface area contributed by atoms with Gasteiger partial charge in [-0.1, -0.05) is 23.8 Å². The van der Waals surface area contributed by atoms with Gasteiger partial charge < -0.3 is 5.73 Å². The van der Waals surface area contributed by atoms with E-state index in [1.165, 1.54) is 0 Å². The fraction of sp³-hybridized carbons (Fsp3) is 0.429. The molecule has 0 saturated heterocycles. The summed E-state index contributed by atoms with van der Waals surface area (Å²) in [6.45, 7) is 0.565. The smallest absolute Gasteiger partial charge is 0.0228 e. The molecule has 1 nitrogen and oxygen atoms in total. The molecule has 0 unspecified atom stereocenters. The SMILES string of the molecule is NCC1=C(Cl)CCC=C1. The zero-order valence-electron chi connectivity index (χ0n) is 5.23. The third-order valence-electron chi connectivity index (χ3n) is 1.42. The van der Waals surface area contributed by atoms with Crippen molar-refractivity contribution in [1.82, 2.24) is 0 Å². The average Bonchev–Trinajstić information content (AvgIpc) is 1.89. The molecule has 50 valence electrons. The topological polar surface area (TPSA) is 26.0 Å². The van der Waals surface area contributed by atoms with Crippen LogP contribution >= 0.6 is 11.6 Å². The normalized spacial score (nSPS) is 18.9. The summed E-state index contributed by atoms with van der Waals surface area (Å²) in [7, 11) is 0. The van der Waals surface area contributed by atoms with Crippen LogP contribution in [0.15, 0.2) is 22.8 Å². The molecule has 0 spiro atoms. The van der Waals surface area contributed by atoms with E-state index in [1.807, 2.05) is 6.08 Å². The van der Waals surface area contributed by atoms with Gasteiger partial charge in [0.1, 0.15) is 0 Å². The number of halogens is 1. The highest BCUT2D eigenvalue weighted by atomic mass is 35.5. The van der Waals surface area contributed by atoms with Crippen LogP contribution in [0.25, 0.3) is 0 Å². The second-order valence-electron chi connectivity index (χ2n) is 2.08. The lowest BCUT2D eigenvalue weighted by molar-refractivity contribution is 0.976. The Labute approximate surface area is 60.2 Å². The van der Waals surface area contributed by atoms with Gasteiger partial charge in [0.2, 0.25) is 0 Å². The van der Waals surface area contributed by atoms with Crippen molar-refractivity contribution in [3.8, 4) is 0 Å². The summed E-state index contributed by atoms with van der Waals surface area (Å²) in [6.07, 6.45) is 6.13. The predicted molar refractivity (Wildman–Crippen MR) is 40.3 cm³/mol. The minimum atomic E-state index is 0.565. The highest BCUT2D eigenvalue weighted by Crippen LogP contribution is 2.20. The van der Waals surface area contributed by atoms with Crippen LogP contribution in [0.2, 0.25) is 0 Å². The first-order valence-corrected chi connectivity index (χ1v) is 3.46. The van der Waals surface area contributed by atoms with Gasteiger partial charge in [-0.15, -0.1) is 0 Å². The number of allylic oxidation sites excluding steroid dienone is 2. The van der Waals surface area contributed by atoms with Crippen molar-refractivity contribution < 1.29 is 0 Å². The minimum absolute atomic E-state index is 0.565. The van der Waals surface area contributed by atoms with E-state index in [-0.39, 0.29) is 0 Å². The molecular weight excluding hydrogens is 134 g/mol. The van der Waals surface area contributed by atoms with E-state index in [0.29, 0.717) is 6.54 Å². The Balaban J connectivity index is 2.72. The van der Waals surface area contributed by atoms with Crippen LogP contribution in [-0.2, 0) is 0 Å². The van der Waals surface area contributed by atoms with Crippen LogP contribution in [0.4, 0.5) is 0 Å². The molecule has 0 radical (unpaired) electrons. The Hall–Kier alpha value is -0.270. The molecule has 0 aromatic rings. The van der Waals surface area contributed by atoms with Crippen molar-refractivity contribution >= 4 is 11.6 Å². The Kier molecular flexibility index (Phi) is 2.31. The van der Waals surface area contributed by atoms with Gasteiger partial charge in [-0.3, -0.25) is 0 Å². The van der Waals surface area contributed by atoms with Crippen LogP contribution in [0.5, 0.6) is 0 Å². The maximum absolute atomic E-state index is 5.83. The van der Waals surface area contributed by atoms with Crippen molar-refractivity contribution in [2.24, 2.45) is 5.73 Å². The van der Waals surface area contributed by atoms with Gasteiger partial charge in [0.25, 0.3) is 0 Å². The maximum Gasteiger partial charge on any atom is 0.0228 e. The molecule has 1 aliphatic carbocycles. The third kappa shape index (κ3) is 1.57. The van der Waals surface area contributed by atoms with E-state index < -0.39 is 0 Å². The summed E-state index contributed by atoms with van der Waals surface area (Å²) < 4.78 is 0. The van der Waals surface area contributed by atoms with Crippen molar-refractivity contribution in [3.05, 3.63) is 22.8 Å². The summed E-state index contributed by atoms with van der Waals surface area (Å²) in [6, 6.07) is 0. The van der Waals surface area contributed by atoms with Gasteiger partial charge in [-0.2, -0.15) is 0 Å². The summed E-state index contributed by atoms with van der Waals surface area (Å²) in [5, 5.41) is 0.931. The summed E-state index contributed by atoms with van der Waals surface area (Å²) >= 11 is 5.83. The third-order valence-corrected chi connectivity index (χ3v) is 1.85. The zero-order valence-corrected chi connectivity index (χ0v) is 5.99. The van der Waals surface area contributed by atoms with E-state index >= 15 is 0 Å².